The second kappa shape index (κ2) is 6.53. The second-order valence-electron chi connectivity index (χ2n) is 2.56. The third-order valence-electron chi connectivity index (χ3n) is 1.19. The molecule has 0 bridgehead atoms. The van der Waals surface area contributed by atoms with E-state index in [2.05, 4.69) is 5.32 Å². The van der Waals surface area contributed by atoms with Gasteiger partial charge in [0.2, 0.25) is 0 Å². The Kier molecular flexibility index (Phi) is 8.64. The van der Waals surface area contributed by atoms with Crippen LogP contribution in [0.2, 0.25) is 0 Å². The average Bonchev–Trinajstić information content (AvgIpc) is 1.84. The summed E-state index contributed by atoms with van der Waals surface area (Å²) in [5.74, 6) is -1.17. The van der Waals surface area contributed by atoms with Crippen LogP contribution in [0.25, 0.3) is 0 Å². The average molecular weight is 185 g/mol. The maximum atomic E-state index is 10.3. The number of aliphatic hydroxyl groups excluding tert-OH is 1. The van der Waals surface area contributed by atoms with E-state index in [9.17, 15) is 9.90 Å². The Labute approximate surface area is 109 Å². The molecule has 0 aliphatic heterocycles. The Balaban J connectivity index is 0. The topological polar surface area (TPSA) is 72.4 Å². The summed E-state index contributed by atoms with van der Waals surface area (Å²) in [5, 5.41) is 21.2. The van der Waals surface area contributed by atoms with Gasteiger partial charge in [0, 0.05) is 6.54 Å². The number of nitrogens with one attached hydrogen (secondary N) is 1. The van der Waals surface area contributed by atoms with Gasteiger partial charge in [-0.1, -0.05) is 0 Å². The predicted octanol–water partition coefficient (Wildman–Crippen LogP) is -4.90. The molecule has 0 atom stereocenters. The van der Waals surface area contributed by atoms with E-state index in [1.54, 1.807) is 0 Å². The van der Waals surface area contributed by atoms with E-state index < -0.39 is 11.5 Å². The first-order valence-electron chi connectivity index (χ1n) is 3.08. The molecule has 5 heteroatoms. The molecule has 0 saturated heterocycles. The molecular formula is C6H12KNO3. The molecule has 0 aliphatic rings. The smallest absolute Gasteiger partial charge is 0.548 e. The fraction of sp³-hybridized carbons (Fsp3) is 0.833. The van der Waals surface area contributed by atoms with Gasteiger partial charge in [-0.25, -0.2) is 0 Å². The predicted molar refractivity (Wildman–Crippen MR) is 34.2 cm³/mol. The van der Waals surface area contributed by atoms with Gasteiger partial charge in [0.05, 0.1) is 18.1 Å². The number of carbonyl (C=O) groups excluding carboxylic acids is 1. The third-order valence-corrected chi connectivity index (χ3v) is 1.19. The van der Waals surface area contributed by atoms with Crippen LogP contribution in [0.3, 0.4) is 0 Å². The Hall–Kier alpha value is 1.03. The van der Waals surface area contributed by atoms with Crippen LogP contribution in [0, 0.1) is 0 Å². The molecule has 0 heterocycles. The molecule has 60 valence electrons. The largest absolute Gasteiger partial charge is 1.00 e. The van der Waals surface area contributed by atoms with Crippen LogP contribution >= 0.6 is 0 Å². The Morgan fingerprint density at radius 2 is 2.09 bits per heavy atom. The Bertz CT molecular complexity index is 127. The molecule has 0 radical (unpaired) electrons. The van der Waals surface area contributed by atoms with Crippen molar-refractivity contribution in [3.8, 4) is 0 Å². The number of β-amino-alcohol motifs (C(OH)–C–C–N with tert-alkyl or cyclic N) is 1. The van der Waals surface area contributed by atoms with Gasteiger partial charge in [-0.3, -0.25) is 0 Å². The molecule has 0 amide bonds. The molecule has 4 nitrogen and oxygen atoms in total. The zero-order valence-corrected chi connectivity index (χ0v) is 10.3. The van der Waals surface area contributed by atoms with Crippen LogP contribution in [0.5, 0.6) is 0 Å². The SMILES string of the molecule is CC(C)(NCCO)C(=O)[O-].[K+]. The summed E-state index contributed by atoms with van der Waals surface area (Å²) >= 11 is 0. The van der Waals surface area contributed by atoms with Gasteiger partial charge in [0.15, 0.2) is 0 Å². The summed E-state index contributed by atoms with van der Waals surface area (Å²) in [6.45, 7) is 3.16. The fourth-order valence-electron chi connectivity index (χ4n) is 0.441. The van der Waals surface area contributed by atoms with Crippen molar-refractivity contribution in [1.29, 1.82) is 0 Å². The molecule has 0 unspecified atom stereocenters. The molecule has 0 saturated carbocycles. The van der Waals surface area contributed by atoms with Crippen LogP contribution in [-0.4, -0.2) is 29.8 Å². The number of rotatable bonds is 4. The first-order chi connectivity index (χ1) is 4.50. The Morgan fingerprint density at radius 3 is 2.36 bits per heavy atom. The number of hydrogen-bond acceptors (Lipinski definition) is 4. The Morgan fingerprint density at radius 1 is 1.64 bits per heavy atom. The number of aliphatic carboxylic acids is 1. The minimum atomic E-state index is -1.17. The monoisotopic (exact) mass is 185 g/mol. The van der Waals surface area contributed by atoms with Gasteiger partial charge in [-0.2, -0.15) is 0 Å². The summed E-state index contributed by atoms with van der Waals surface area (Å²) in [4.78, 5) is 10.3. The van der Waals surface area contributed by atoms with Gasteiger partial charge >= 0.3 is 51.4 Å². The maximum absolute atomic E-state index is 10.3. The van der Waals surface area contributed by atoms with Gasteiger partial charge in [0.25, 0.3) is 0 Å². The quantitative estimate of drug-likeness (QED) is 0.431. The zero-order valence-electron chi connectivity index (χ0n) is 7.18. The van der Waals surface area contributed by atoms with Crippen molar-refractivity contribution in [2.45, 2.75) is 19.4 Å². The second-order valence-corrected chi connectivity index (χ2v) is 2.56. The number of carbonyl (C=O) groups is 1. The molecule has 0 aromatic rings. The summed E-state index contributed by atoms with van der Waals surface area (Å²) in [6.07, 6.45) is 0. The molecule has 0 aromatic heterocycles. The van der Waals surface area contributed by atoms with Crippen LogP contribution in [0.15, 0.2) is 0 Å². The minimum absolute atomic E-state index is 0. The van der Waals surface area contributed by atoms with Crippen molar-refractivity contribution in [3.63, 3.8) is 0 Å². The van der Waals surface area contributed by atoms with Crippen LogP contribution in [0.1, 0.15) is 13.8 Å². The molecular weight excluding hydrogens is 173 g/mol. The molecule has 0 spiro atoms. The van der Waals surface area contributed by atoms with Crippen molar-refractivity contribution in [1.82, 2.24) is 5.32 Å². The molecule has 0 aromatic carbocycles. The molecule has 2 N–H and O–H groups in total. The third kappa shape index (κ3) is 6.21. The number of carboxylic acid groups (broad SMARTS) is 1. The summed E-state index contributed by atoms with van der Waals surface area (Å²) in [5.41, 5.74) is -1.05. The van der Waals surface area contributed by atoms with Crippen molar-refractivity contribution >= 4 is 5.97 Å². The van der Waals surface area contributed by atoms with Crippen LogP contribution < -0.4 is 61.8 Å². The first-order valence-corrected chi connectivity index (χ1v) is 3.08. The van der Waals surface area contributed by atoms with E-state index in [4.69, 9.17) is 5.11 Å². The molecule has 0 aliphatic carbocycles. The van der Waals surface area contributed by atoms with Crippen molar-refractivity contribution in [2.24, 2.45) is 0 Å². The van der Waals surface area contributed by atoms with E-state index in [1.165, 1.54) is 13.8 Å². The van der Waals surface area contributed by atoms with Gasteiger partial charge < -0.3 is 20.3 Å². The summed E-state index contributed by atoms with van der Waals surface area (Å²) < 4.78 is 0. The van der Waals surface area contributed by atoms with Crippen molar-refractivity contribution in [3.05, 3.63) is 0 Å². The molecule has 11 heavy (non-hydrogen) atoms. The van der Waals surface area contributed by atoms with E-state index in [0.717, 1.165) is 0 Å². The summed E-state index contributed by atoms with van der Waals surface area (Å²) in [6, 6.07) is 0. The zero-order chi connectivity index (χ0) is 8.20. The number of hydrogen-bond donors (Lipinski definition) is 2. The molecule has 0 fully saturated rings. The van der Waals surface area contributed by atoms with Gasteiger partial charge in [-0.05, 0) is 13.8 Å². The minimum Gasteiger partial charge on any atom is -0.548 e. The first kappa shape index (κ1) is 14.5. The standard InChI is InChI=1S/C6H13NO3.K/c1-6(2,5(9)10)7-3-4-8;/h7-8H,3-4H2,1-2H3,(H,9,10);/q;+1/p-1. The van der Waals surface area contributed by atoms with Crippen molar-refractivity contribution < 1.29 is 66.4 Å². The number of aliphatic hydroxyl groups is 1. The fourth-order valence-corrected chi connectivity index (χ4v) is 0.441. The van der Waals surface area contributed by atoms with E-state index >= 15 is 0 Å². The van der Waals surface area contributed by atoms with Crippen LogP contribution in [-0.2, 0) is 4.79 Å². The van der Waals surface area contributed by atoms with E-state index in [-0.39, 0.29) is 64.5 Å². The molecule has 0 rings (SSSR count). The summed E-state index contributed by atoms with van der Waals surface area (Å²) in [7, 11) is 0. The van der Waals surface area contributed by atoms with Gasteiger partial charge in [0.1, 0.15) is 0 Å². The van der Waals surface area contributed by atoms with Crippen LogP contribution in [0.4, 0.5) is 0 Å². The van der Waals surface area contributed by atoms with Gasteiger partial charge in [-0.15, -0.1) is 0 Å². The van der Waals surface area contributed by atoms with Crippen molar-refractivity contribution in [2.75, 3.05) is 13.2 Å². The normalized spacial score (nSPS) is 10.5. The number of carboxylic acids is 1. The van der Waals surface area contributed by atoms with E-state index in [0.29, 0.717) is 0 Å². The maximum Gasteiger partial charge on any atom is 1.00 e. The van der Waals surface area contributed by atoms with E-state index in [1.807, 2.05) is 0 Å².